The van der Waals surface area contributed by atoms with Gasteiger partial charge in [0.25, 0.3) is 0 Å². The molecule has 26 heavy (non-hydrogen) atoms. The Kier molecular flexibility index (Phi) is 6.48. The first-order chi connectivity index (χ1) is 12.6. The number of aromatic hydroxyl groups is 1. The van der Waals surface area contributed by atoms with E-state index < -0.39 is 0 Å². The van der Waals surface area contributed by atoms with E-state index in [0.29, 0.717) is 12.0 Å². The Balaban J connectivity index is 1.40. The van der Waals surface area contributed by atoms with Crippen LogP contribution >= 0.6 is 11.6 Å². The van der Waals surface area contributed by atoms with Crippen LogP contribution in [0.15, 0.2) is 60.2 Å². The van der Waals surface area contributed by atoms with Crippen LogP contribution in [0.1, 0.15) is 35.2 Å². The Morgan fingerprint density at radius 3 is 2.46 bits per heavy atom. The molecule has 0 saturated carbocycles. The van der Waals surface area contributed by atoms with Gasteiger partial charge in [-0.15, -0.1) is 0 Å². The average Bonchev–Trinajstić information content (AvgIpc) is 2.65. The number of carbonyl (C=O) groups excluding carboxylic acids is 1. The molecule has 0 bridgehead atoms. The summed E-state index contributed by atoms with van der Waals surface area (Å²) < 4.78 is 0. The van der Waals surface area contributed by atoms with E-state index in [1.165, 1.54) is 11.1 Å². The van der Waals surface area contributed by atoms with Crippen LogP contribution < -0.4 is 0 Å². The number of Topliss-reactive ketones (excluding diaryl/α,β-unsaturated/α-hetero) is 1. The van der Waals surface area contributed by atoms with E-state index in [1.54, 1.807) is 24.3 Å². The predicted octanol–water partition coefficient (Wildman–Crippen LogP) is 4.88. The molecule has 0 radical (unpaired) electrons. The van der Waals surface area contributed by atoms with Crippen molar-refractivity contribution in [3.8, 4) is 5.75 Å². The first-order valence-corrected chi connectivity index (χ1v) is 9.45. The van der Waals surface area contributed by atoms with E-state index >= 15 is 0 Å². The van der Waals surface area contributed by atoms with Crippen molar-refractivity contribution in [2.75, 3.05) is 19.6 Å². The van der Waals surface area contributed by atoms with Crippen molar-refractivity contribution in [2.24, 2.45) is 0 Å². The maximum absolute atomic E-state index is 12.2. The lowest BCUT2D eigenvalue weighted by Crippen LogP contribution is -2.30. The highest BCUT2D eigenvalue weighted by molar-refractivity contribution is 6.30. The maximum Gasteiger partial charge on any atom is 0.162 e. The number of benzene rings is 2. The van der Waals surface area contributed by atoms with Crippen LogP contribution in [-0.4, -0.2) is 35.4 Å². The van der Waals surface area contributed by atoms with Gasteiger partial charge in [-0.05, 0) is 67.8 Å². The van der Waals surface area contributed by atoms with Gasteiger partial charge in [-0.2, -0.15) is 0 Å². The smallest absolute Gasteiger partial charge is 0.162 e. The average molecular weight is 370 g/mol. The number of ketones is 1. The Morgan fingerprint density at radius 2 is 1.81 bits per heavy atom. The SMILES string of the molecule is O=C(CCCN1CC=C(Cc2ccc(Cl)cc2)CC1)c1ccc(O)cc1. The molecular formula is C22H24ClNO2. The molecule has 0 spiro atoms. The third-order valence-electron chi connectivity index (χ3n) is 4.80. The number of halogens is 1. The van der Waals surface area contributed by atoms with Gasteiger partial charge in [-0.1, -0.05) is 35.4 Å². The quantitative estimate of drug-likeness (QED) is 0.558. The van der Waals surface area contributed by atoms with E-state index in [4.69, 9.17) is 11.6 Å². The summed E-state index contributed by atoms with van der Waals surface area (Å²) in [6, 6.07) is 14.6. The zero-order valence-corrected chi connectivity index (χ0v) is 15.6. The molecule has 3 rings (SSSR count). The lowest BCUT2D eigenvalue weighted by molar-refractivity contribution is 0.0975. The second-order valence-corrected chi connectivity index (χ2v) is 7.23. The molecule has 1 heterocycles. The fourth-order valence-electron chi connectivity index (χ4n) is 3.24. The number of hydrogen-bond acceptors (Lipinski definition) is 3. The molecular weight excluding hydrogens is 346 g/mol. The number of carbonyl (C=O) groups is 1. The summed E-state index contributed by atoms with van der Waals surface area (Å²) in [7, 11) is 0. The van der Waals surface area contributed by atoms with Gasteiger partial charge in [0.2, 0.25) is 0 Å². The third kappa shape index (κ3) is 5.45. The third-order valence-corrected chi connectivity index (χ3v) is 5.05. The van der Waals surface area contributed by atoms with E-state index in [2.05, 4.69) is 23.1 Å². The van der Waals surface area contributed by atoms with Gasteiger partial charge in [-0.3, -0.25) is 9.69 Å². The minimum atomic E-state index is 0.140. The van der Waals surface area contributed by atoms with Crippen LogP contribution in [0.3, 0.4) is 0 Å². The lowest BCUT2D eigenvalue weighted by atomic mass is 9.99. The molecule has 1 aliphatic rings. The molecule has 1 aliphatic heterocycles. The summed E-state index contributed by atoms with van der Waals surface area (Å²) in [5.41, 5.74) is 3.45. The second kappa shape index (κ2) is 9.02. The molecule has 3 nitrogen and oxygen atoms in total. The summed E-state index contributed by atoms with van der Waals surface area (Å²) in [5.74, 6) is 0.331. The zero-order valence-electron chi connectivity index (χ0n) is 14.8. The Bertz CT molecular complexity index is 766. The van der Waals surface area contributed by atoms with Crippen LogP contribution in [0.5, 0.6) is 5.75 Å². The molecule has 0 atom stereocenters. The number of phenolic OH excluding ortho intramolecular Hbond substituents is 1. The molecule has 0 saturated heterocycles. The maximum atomic E-state index is 12.2. The van der Waals surface area contributed by atoms with Crippen molar-refractivity contribution in [3.05, 3.63) is 76.3 Å². The second-order valence-electron chi connectivity index (χ2n) is 6.79. The van der Waals surface area contributed by atoms with Crippen LogP contribution in [0.4, 0.5) is 0 Å². The summed E-state index contributed by atoms with van der Waals surface area (Å²) in [6.07, 6.45) is 5.79. The summed E-state index contributed by atoms with van der Waals surface area (Å²) in [4.78, 5) is 14.6. The molecule has 136 valence electrons. The fourth-order valence-corrected chi connectivity index (χ4v) is 3.36. The molecule has 2 aromatic carbocycles. The van der Waals surface area contributed by atoms with Gasteiger partial charge in [0.05, 0.1) is 0 Å². The van der Waals surface area contributed by atoms with E-state index in [9.17, 15) is 9.90 Å². The van der Waals surface area contributed by atoms with Gasteiger partial charge in [0, 0.05) is 30.1 Å². The van der Waals surface area contributed by atoms with Gasteiger partial charge >= 0.3 is 0 Å². The predicted molar refractivity (Wildman–Crippen MR) is 106 cm³/mol. The summed E-state index contributed by atoms with van der Waals surface area (Å²) in [5, 5.41) is 10.1. The fraction of sp³-hybridized carbons (Fsp3) is 0.318. The Labute approximate surface area is 159 Å². The minimum absolute atomic E-state index is 0.140. The number of rotatable bonds is 7. The Morgan fingerprint density at radius 1 is 1.08 bits per heavy atom. The highest BCUT2D eigenvalue weighted by Crippen LogP contribution is 2.19. The van der Waals surface area contributed by atoms with Crippen molar-refractivity contribution in [1.29, 1.82) is 0 Å². The van der Waals surface area contributed by atoms with Gasteiger partial charge in [-0.25, -0.2) is 0 Å². The van der Waals surface area contributed by atoms with Crippen LogP contribution in [0, 0.1) is 0 Å². The van der Waals surface area contributed by atoms with Gasteiger partial charge in [0.15, 0.2) is 5.78 Å². The molecule has 0 aliphatic carbocycles. The van der Waals surface area contributed by atoms with Gasteiger partial charge in [0.1, 0.15) is 5.75 Å². The molecule has 0 amide bonds. The normalized spacial score (nSPS) is 14.9. The molecule has 0 fully saturated rings. The molecule has 2 aromatic rings. The number of hydrogen-bond donors (Lipinski definition) is 1. The van der Waals surface area contributed by atoms with Crippen molar-refractivity contribution < 1.29 is 9.90 Å². The monoisotopic (exact) mass is 369 g/mol. The molecule has 0 unspecified atom stereocenters. The topological polar surface area (TPSA) is 40.5 Å². The van der Waals surface area contributed by atoms with Gasteiger partial charge < -0.3 is 5.11 Å². The zero-order chi connectivity index (χ0) is 18.4. The largest absolute Gasteiger partial charge is 0.508 e. The summed E-state index contributed by atoms with van der Waals surface area (Å²) >= 11 is 5.93. The highest BCUT2D eigenvalue weighted by Gasteiger charge is 2.13. The summed E-state index contributed by atoms with van der Waals surface area (Å²) in [6.45, 7) is 2.94. The van der Waals surface area contributed by atoms with Crippen LogP contribution in [0.25, 0.3) is 0 Å². The number of phenols is 1. The highest BCUT2D eigenvalue weighted by atomic mass is 35.5. The van der Waals surface area contributed by atoms with Crippen LogP contribution in [-0.2, 0) is 6.42 Å². The van der Waals surface area contributed by atoms with E-state index in [-0.39, 0.29) is 11.5 Å². The van der Waals surface area contributed by atoms with Crippen molar-refractivity contribution in [1.82, 2.24) is 4.90 Å². The van der Waals surface area contributed by atoms with Crippen molar-refractivity contribution >= 4 is 17.4 Å². The van der Waals surface area contributed by atoms with E-state index in [0.717, 1.165) is 43.9 Å². The number of nitrogens with zero attached hydrogens (tertiary/aromatic N) is 1. The Hall–Kier alpha value is -2.10. The van der Waals surface area contributed by atoms with E-state index in [1.807, 2.05) is 12.1 Å². The molecule has 1 N–H and O–H groups in total. The van der Waals surface area contributed by atoms with Crippen molar-refractivity contribution in [3.63, 3.8) is 0 Å². The van der Waals surface area contributed by atoms with Crippen LogP contribution in [0.2, 0.25) is 5.02 Å². The molecule has 0 aromatic heterocycles. The first kappa shape index (κ1) is 18.7. The lowest BCUT2D eigenvalue weighted by Gasteiger charge is -2.26. The van der Waals surface area contributed by atoms with Crippen molar-refractivity contribution in [2.45, 2.75) is 25.7 Å². The minimum Gasteiger partial charge on any atom is -0.508 e. The molecule has 4 heteroatoms. The first-order valence-electron chi connectivity index (χ1n) is 9.07. The standard InChI is InChI=1S/C22H24ClNO2/c23-20-7-3-17(4-8-20)16-18-11-14-24(15-12-18)13-1-2-22(26)19-5-9-21(25)10-6-19/h3-11,25H,1-2,12-16H2.